The summed E-state index contributed by atoms with van der Waals surface area (Å²) >= 11 is 0. The van der Waals surface area contributed by atoms with Gasteiger partial charge in [0.1, 0.15) is 17.5 Å². The summed E-state index contributed by atoms with van der Waals surface area (Å²) in [4.78, 5) is 11.2. The van der Waals surface area contributed by atoms with Crippen molar-refractivity contribution in [2.24, 2.45) is 5.92 Å². The summed E-state index contributed by atoms with van der Waals surface area (Å²) in [6.45, 7) is 12.5. The Bertz CT molecular complexity index is 388. The number of rotatable bonds is 6. The second-order valence-corrected chi connectivity index (χ2v) is 5.20. The zero-order chi connectivity index (χ0) is 13.7. The quantitative estimate of drug-likeness (QED) is 0.842. The van der Waals surface area contributed by atoms with Gasteiger partial charge >= 0.3 is 0 Å². The highest BCUT2D eigenvalue weighted by atomic mass is 15.2. The highest BCUT2D eigenvalue weighted by molar-refractivity contribution is 5.58. The molecule has 4 heteroatoms. The standard InChI is InChI=1S/C14H26N4/c1-7-15-13-11(4)14(17-12(5)16-13)18(6)9-8-10(2)3/h10H,7-9H2,1-6H3,(H,15,16,17). The van der Waals surface area contributed by atoms with E-state index < -0.39 is 0 Å². The van der Waals surface area contributed by atoms with Crippen LogP contribution >= 0.6 is 0 Å². The van der Waals surface area contributed by atoms with Crippen molar-refractivity contribution in [3.8, 4) is 0 Å². The van der Waals surface area contributed by atoms with Crippen LogP contribution in [0.1, 0.15) is 38.6 Å². The molecule has 0 aromatic carbocycles. The molecule has 1 rings (SSSR count). The van der Waals surface area contributed by atoms with E-state index in [-0.39, 0.29) is 0 Å². The maximum atomic E-state index is 4.57. The zero-order valence-electron chi connectivity index (χ0n) is 12.5. The van der Waals surface area contributed by atoms with Gasteiger partial charge in [-0.05, 0) is 33.1 Å². The third-order valence-corrected chi connectivity index (χ3v) is 2.98. The molecule has 0 bridgehead atoms. The van der Waals surface area contributed by atoms with Crippen molar-refractivity contribution < 1.29 is 0 Å². The van der Waals surface area contributed by atoms with Gasteiger partial charge in [0.25, 0.3) is 0 Å². The van der Waals surface area contributed by atoms with Crippen molar-refractivity contribution in [2.75, 3.05) is 30.4 Å². The van der Waals surface area contributed by atoms with Gasteiger partial charge in [-0.2, -0.15) is 0 Å². The molecule has 1 aromatic heterocycles. The molecule has 0 amide bonds. The number of hydrogen-bond donors (Lipinski definition) is 1. The predicted octanol–water partition coefficient (Wildman–Crippen LogP) is 3.01. The van der Waals surface area contributed by atoms with Crippen LogP contribution < -0.4 is 10.2 Å². The lowest BCUT2D eigenvalue weighted by Crippen LogP contribution is -2.23. The smallest absolute Gasteiger partial charge is 0.137 e. The molecule has 0 unspecified atom stereocenters. The second kappa shape index (κ2) is 6.57. The van der Waals surface area contributed by atoms with Crippen LogP contribution in [-0.2, 0) is 0 Å². The minimum atomic E-state index is 0.712. The average Bonchev–Trinajstić information content (AvgIpc) is 2.30. The van der Waals surface area contributed by atoms with E-state index in [1.165, 1.54) is 6.42 Å². The number of aryl methyl sites for hydroxylation is 1. The Labute approximate surface area is 111 Å². The molecule has 1 heterocycles. The highest BCUT2D eigenvalue weighted by Gasteiger charge is 2.12. The summed E-state index contributed by atoms with van der Waals surface area (Å²) in [6.07, 6.45) is 1.18. The van der Waals surface area contributed by atoms with Crippen molar-refractivity contribution >= 4 is 11.6 Å². The molecule has 18 heavy (non-hydrogen) atoms. The summed E-state index contributed by atoms with van der Waals surface area (Å²) in [5.41, 5.74) is 1.13. The summed E-state index contributed by atoms with van der Waals surface area (Å²) in [6, 6.07) is 0. The van der Waals surface area contributed by atoms with Crippen LogP contribution in [0.3, 0.4) is 0 Å². The molecule has 4 nitrogen and oxygen atoms in total. The molecule has 0 saturated carbocycles. The van der Waals surface area contributed by atoms with Gasteiger partial charge in [-0.15, -0.1) is 0 Å². The second-order valence-electron chi connectivity index (χ2n) is 5.20. The minimum absolute atomic E-state index is 0.712. The summed E-state index contributed by atoms with van der Waals surface area (Å²) < 4.78 is 0. The Hall–Kier alpha value is -1.32. The first-order valence-electron chi connectivity index (χ1n) is 6.76. The Morgan fingerprint density at radius 3 is 2.44 bits per heavy atom. The Balaban J connectivity index is 2.93. The molecule has 102 valence electrons. The third kappa shape index (κ3) is 3.86. The van der Waals surface area contributed by atoms with Gasteiger partial charge in [-0.1, -0.05) is 13.8 Å². The van der Waals surface area contributed by atoms with Crippen molar-refractivity contribution in [1.29, 1.82) is 0 Å². The summed E-state index contributed by atoms with van der Waals surface area (Å²) in [5.74, 6) is 3.53. The van der Waals surface area contributed by atoms with E-state index in [9.17, 15) is 0 Å². The van der Waals surface area contributed by atoms with Crippen molar-refractivity contribution in [3.63, 3.8) is 0 Å². The molecule has 0 aliphatic rings. The first kappa shape index (κ1) is 14.7. The molecular formula is C14H26N4. The van der Waals surface area contributed by atoms with Gasteiger partial charge in [0.2, 0.25) is 0 Å². The maximum Gasteiger partial charge on any atom is 0.137 e. The van der Waals surface area contributed by atoms with Gasteiger partial charge < -0.3 is 10.2 Å². The van der Waals surface area contributed by atoms with E-state index in [0.29, 0.717) is 5.92 Å². The van der Waals surface area contributed by atoms with Crippen LogP contribution in [0.2, 0.25) is 0 Å². The van der Waals surface area contributed by atoms with E-state index in [1.807, 2.05) is 6.92 Å². The molecule has 0 saturated heterocycles. The van der Waals surface area contributed by atoms with E-state index in [4.69, 9.17) is 0 Å². The van der Waals surface area contributed by atoms with Gasteiger partial charge in [0.05, 0.1) is 0 Å². The normalized spacial score (nSPS) is 10.8. The van der Waals surface area contributed by atoms with E-state index in [2.05, 4.69) is 54.9 Å². The van der Waals surface area contributed by atoms with Crippen LogP contribution in [0.25, 0.3) is 0 Å². The molecule has 0 aliphatic heterocycles. The van der Waals surface area contributed by atoms with Crippen molar-refractivity contribution in [1.82, 2.24) is 9.97 Å². The van der Waals surface area contributed by atoms with Crippen LogP contribution in [0, 0.1) is 19.8 Å². The average molecular weight is 250 g/mol. The highest BCUT2D eigenvalue weighted by Crippen LogP contribution is 2.23. The lowest BCUT2D eigenvalue weighted by molar-refractivity contribution is 0.583. The molecule has 0 aliphatic carbocycles. The largest absolute Gasteiger partial charge is 0.370 e. The SMILES string of the molecule is CCNc1nc(C)nc(N(C)CCC(C)C)c1C. The van der Waals surface area contributed by atoms with Gasteiger partial charge in [0.15, 0.2) is 0 Å². The van der Waals surface area contributed by atoms with E-state index in [0.717, 1.165) is 36.1 Å². The maximum absolute atomic E-state index is 4.57. The first-order chi connectivity index (χ1) is 8.45. The fraction of sp³-hybridized carbons (Fsp3) is 0.714. The van der Waals surface area contributed by atoms with E-state index >= 15 is 0 Å². The van der Waals surface area contributed by atoms with E-state index in [1.54, 1.807) is 0 Å². The molecule has 0 atom stereocenters. The molecule has 0 fully saturated rings. The summed E-state index contributed by atoms with van der Waals surface area (Å²) in [7, 11) is 2.10. The van der Waals surface area contributed by atoms with Crippen LogP contribution in [0.15, 0.2) is 0 Å². The van der Waals surface area contributed by atoms with Gasteiger partial charge in [0, 0.05) is 25.7 Å². The number of hydrogen-bond acceptors (Lipinski definition) is 4. The monoisotopic (exact) mass is 250 g/mol. The third-order valence-electron chi connectivity index (χ3n) is 2.98. The lowest BCUT2D eigenvalue weighted by Gasteiger charge is -2.22. The Kier molecular flexibility index (Phi) is 5.38. The number of aromatic nitrogens is 2. The van der Waals surface area contributed by atoms with Crippen LogP contribution in [0.5, 0.6) is 0 Å². The predicted molar refractivity (Wildman–Crippen MR) is 78.4 cm³/mol. The fourth-order valence-electron chi connectivity index (χ4n) is 1.88. The molecule has 0 spiro atoms. The zero-order valence-corrected chi connectivity index (χ0v) is 12.5. The van der Waals surface area contributed by atoms with Crippen molar-refractivity contribution in [3.05, 3.63) is 11.4 Å². The topological polar surface area (TPSA) is 41.1 Å². The minimum Gasteiger partial charge on any atom is -0.370 e. The van der Waals surface area contributed by atoms with Crippen LogP contribution in [-0.4, -0.2) is 30.1 Å². The Morgan fingerprint density at radius 2 is 1.89 bits per heavy atom. The molecular weight excluding hydrogens is 224 g/mol. The number of anilines is 2. The lowest BCUT2D eigenvalue weighted by atomic mass is 10.1. The summed E-state index contributed by atoms with van der Waals surface area (Å²) in [5, 5.41) is 3.30. The number of nitrogens with zero attached hydrogens (tertiary/aromatic N) is 3. The van der Waals surface area contributed by atoms with Crippen LogP contribution in [0.4, 0.5) is 11.6 Å². The fourth-order valence-corrected chi connectivity index (χ4v) is 1.88. The Morgan fingerprint density at radius 1 is 1.22 bits per heavy atom. The molecule has 1 N–H and O–H groups in total. The number of nitrogens with one attached hydrogen (secondary N) is 1. The van der Waals surface area contributed by atoms with Crippen molar-refractivity contribution in [2.45, 2.75) is 41.0 Å². The molecule has 1 aromatic rings. The first-order valence-corrected chi connectivity index (χ1v) is 6.76. The molecule has 0 radical (unpaired) electrons. The van der Waals surface area contributed by atoms with Gasteiger partial charge in [-0.3, -0.25) is 0 Å². The van der Waals surface area contributed by atoms with Gasteiger partial charge in [-0.25, -0.2) is 9.97 Å².